The van der Waals surface area contributed by atoms with Gasteiger partial charge in [-0.25, -0.2) is 13.9 Å². The van der Waals surface area contributed by atoms with Crippen LogP contribution >= 0.6 is 23.2 Å². The molecule has 6 heteroatoms. The molecule has 0 bridgehead atoms. The first-order valence-corrected chi connectivity index (χ1v) is 7.35. The number of halogens is 3. The highest BCUT2D eigenvalue weighted by atomic mass is 35.5. The fourth-order valence-electron chi connectivity index (χ4n) is 2.25. The summed E-state index contributed by atoms with van der Waals surface area (Å²) in [4.78, 5) is 4.30. The summed E-state index contributed by atoms with van der Waals surface area (Å²) >= 11 is 12.6. The van der Waals surface area contributed by atoms with Crippen LogP contribution in [-0.2, 0) is 6.42 Å². The Balaban J connectivity index is 2.23. The van der Waals surface area contributed by atoms with E-state index in [4.69, 9.17) is 23.2 Å². The topological polar surface area (TPSA) is 30.2 Å². The molecule has 0 amide bonds. The Hall–Kier alpha value is -1.65. The van der Waals surface area contributed by atoms with Crippen molar-refractivity contribution in [2.24, 2.45) is 0 Å². The first kappa shape index (κ1) is 14.3. The van der Waals surface area contributed by atoms with Crippen LogP contribution in [0, 0.1) is 5.82 Å². The summed E-state index contributed by atoms with van der Waals surface area (Å²) in [5.74, 6) is -0.355. The van der Waals surface area contributed by atoms with Gasteiger partial charge in [-0.3, -0.25) is 0 Å². The molecule has 0 aliphatic carbocycles. The molecule has 108 valence electrons. The summed E-state index contributed by atoms with van der Waals surface area (Å²) in [6.45, 7) is 2.07. The minimum Gasteiger partial charge on any atom is -0.216 e. The average molecular weight is 324 g/mol. The quantitative estimate of drug-likeness (QED) is 0.648. The Morgan fingerprint density at radius 1 is 1.24 bits per heavy atom. The van der Waals surface area contributed by atoms with E-state index in [1.807, 2.05) is 6.07 Å². The number of rotatable bonds is 3. The molecule has 2 heterocycles. The van der Waals surface area contributed by atoms with Gasteiger partial charge >= 0.3 is 0 Å². The van der Waals surface area contributed by atoms with Crippen LogP contribution in [0.15, 0.2) is 30.3 Å². The lowest BCUT2D eigenvalue weighted by atomic mass is 10.1. The maximum Gasteiger partial charge on any atom is 0.158 e. The smallest absolute Gasteiger partial charge is 0.158 e. The Morgan fingerprint density at radius 3 is 2.76 bits per heavy atom. The first-order valence-electron chi connectivity index (χ1n) is 6.59. The molecule has 0 radical (unpaired) electrons. The second kappa shape index (κ2) is 5.62. The highest BCUT2D eigenvalue weighted by Gasteiger charge is 2.16. The van der Waals surface area contributed by atoms with Crippen molar-refractivity contribution < 1.29 is 4.39 Å². The number of fused-ring (bicyclic) bond motifs is 1. The molecule has 0 atom stereocenters. The van der Waals surface area contributed by atoms with Crippen molar-refractivity contribution in [3.8, 4) is 11.1 Å². The molecule has 0 spiro atoms. The number of nitrogens with zero attached hydrogens (tertiary/aromatic N) is 3. The predicted octanol–water partition coefficient (Wildman–Crippen LogP) is 4.79. The van der Waals surface area contributed by atoms with Gasteiger partial charge in [0.05, 0.1) is 11.3 Å². The van der Waals surface area contributed by atoms with Gasteiger partial charge in [0.1, 0.15) is 16.1 Å². The third-order valence-corrected chi connectivity index (χ3v) is 3.79. The minimum absolute atomic E-state index is 0.237. The van der Waals surface area contributed by atoms with Gasteiger partial charge in [-0.2, -0.15) is 5.10 Å². The predicted molar refractivity (Wildman–Crippen MR) is 82.4 cm³/mol. The Morgan fingerprint density at radius 2 is 2.05 bits per heavy atom. The van der Waals surface area contributed by atoms with E-state index in [2.05, 4.69) is 17.0 Å². The van der Waals surface area contributed by atoms with Crippen LogP contribution in [0.3, 0.4) is 0 Å². The van der Waals surface area contributed by atoms with E-state index >= 15 is 0 Å². The van der Waals surface area contributed by atoms with Gasteiger partial charge in [0.25, 0.3) is 0 Å². The van der Waals surface area contributed by atoms with Gasteiger partial charge in [-0.15, -0.1) is 0 Å². The molecule has 3 rings (SSSR count). The van der Waals surface area contributed by atoms with E-state index in [-0.39, 0.29) is 11.0 Å². The molecule has 0 N–H and O–H groups in total. The molecule has 0 aliphatic rings. The molecule has 0 fully saturated rings. The standard InChI is InChI=1S/C15H12Cl2FN3/c1-2-4-11-8-12-19-14(16)13(15(17)21(12)20-11)9-5-3-6-10(18)7-9/h3,5-8H,2,4H2,1H3. The molecule has 0 aliphatic heterocycles. The fraction of sp³-hybridized carbons (Fsp3) is 0.200. The molecule has 0 saturated heterocycles. The first-order chi connectivity index (χ1) is 10.1. The molecule has 21 heavy (non-hydrogen) atoms. The lowest BCUT2D eigenvalue weighted by Gasteiger charge is -2.08. The number of hydrogen-bond acceptors (Lipinski definition) is 2. The number of aryl methyl sites for hydroxylation is 1. The van der Waals surface area contributed by atoms with Crippen LogP contribution in [0.25, 0.3) is 16.8 Å². The van der Waals surface area contributed by atoms with Crippen molar-refractivity contribution in [3.63, 3.8) is 0 Å². The van der Waals surface area contributed by atoms with Gasteiger partial charge < -0.3 is 0 Å². The minimum atomic E-state index is -0.355. The maximum atomic E-state index is 13.4. The maximum absolute atomic E-state index is 13.4. The van der Waals surface area contributed by atoms with Gasteiger partial charge in [-0.05, 0) is 24.1 Å². The van der Waals surface area contributed by atoms with Gasteiger partial charge in [-0.1, -0.05) is 48.7 Å². The van der Waals surface area contributed by atoms with E-state index in [0.717, 1.165) is 18.5 Å². The Labute approximate surface area is 131 Å². The summed E-state index contributed by atoms with van der Waals surface area (Å²) in [5.41, 5.74) is 2.55. The van der Waals surface area contributed by atoms with Crippen molar-refractivity contribution in [1.29, 1.82) is 0 Å². The van der Waals surface area contributed by atoms with Crippen LogP contribution in [0.5, 0.6) is 0 Å². The lowest BCUT2D eigenvalue weighted by Crippen LogP contribution is -1.97. The zero-order valence-electron chi connectivity index (χ0n) is 11.3. The number of benzene rings is 1. The van der Waals surface area contributed by atoms with Crippen LogP contribution < -0.4 is 0 Å². The molecular weight excluding hydrogens is 312 g/mol. The molecule has 1 aromatic carbocycles. The Kier molecular flexibility index (Phi) is 3.83. The summed E-state index contributed by atoms with van der Waals surface area (Å²) in [7, 11) is 0. The van der Waals surface area contributed by atoms with E-state index in [1.54, 1.807) is 16.6 Å². The summed E-state index contributed by atoms with van der Waals surface area (Å²) in [6, 6.07) is 7.94. The highest BCUT2D eigenvalue weighted by molar-refractivity contribution is 6.38. The van der Waals surface area contributed by atoms with Crippen LogP contribution in [-0.4, -0.2) is 14.6 Å². The number of hydrogen-bond donors (Lipinski definition) is 0. The van der Waals surface area contributed by atoms with E-state index in [0.29, 0.717) is 21.9 Å². The normalized spacial score (nSPS) is 11.2. The zero-order valence-corrected chi connectivity index (χ0v) is 12.8. The van der Waals surface area contributed by atoms with Crippen molar-refractivity contribution in [2.75, 3.05) is 0 Å². The van der Waals surface area contributed by atoms with Gasteiger partial charge in [0.2, 0.25) is 0 Å². The number of aromatic nitrogens is 3. The Bertz CT molecular complexity index is 814. The second-order valence-electron chi connectivity index (χ2n) is 4.73. The third-order valence-electron chi connectivity index (χ3n) is 3.17. The van der Waals surface area contributed by atoms with Crippen LogP contribution in [0.1, 0.15) is 19.0 Å². The molecule has 2 aromatic heterocycles. The largest absolute Gasteiger partial charge is 0.216 e. The molecule has 3 nitrogen and oxygen atoms in total. The second-order valence-corrected chi connectivity index (χ2v) is 5.45. The summed E-state index contributed by atoms with van der Waals surface area (Å²) in [5, 5.41) is 4.99. The van der Waals surface area contributed by atoms with E-state index in [1.165, 1.54) is 12.1 Å². The van der Waals surface area contributed by atoms with Crippen molar-refractivity contribution in [2.45, 2.75) is 19.8 Å². The highest BCUT2D eigenvalue weighted by Crippen LogP contribution is 2.34. The molecule has 0 unspecified atom stereocenters. The molecular formula is C15H12Cl2FN3. The van der Waals surface area contributed by atoms with Crippen molar-refractivity contribution >= 4 is 28.8 Å². The lowest BCUT2D eigenvalue weighted by molar-refractivity contribution is 0.628. The molecule has 3 aromatic rings. The van der Waals surface area contributed by atoms with E-state index in [9.17, 15) is 4.39 Å². The van der Waals surface area contributed by atoms with Crippen molar-refractivity contribution in [3.05, 3.63) is 52.1 Å². The average Bonchev–Trinajstić information content (AvgIpc) is 2.82. The van der Waals surface area contributed by atoms with Crippen LogP contribution in [0.4, 0.5) is 4.39 Å². The van der Waals surface area contributed by atoms with Gasteiger partial charge in [0, 0.05) is 6.07 Å². The van der Waals surface area contributed by atoms with Crippen LogP contribution in [0.2, 0.25) is 10.3 Å². The summed E-state index contributed by atoms with van der Waals surface area (Å²) in [6.07, 6.45) is 1.82. The zero-order chi connectivity index (χ0) is 15.0. The molecule has 0 saturated carbocycles. The summed E-state index contributed by atoms with van der Waals surface area (Å²) < 4.78 is 14.9. The van der Waals surface area contributed by atoms with Gasteiger partial charge in [0.15, 0.2) is 5.65 Å². The third kappa shape index (κ3) is 2.61. The monoisotopic (exact) mass is 323 g/mol. The van der Waals surface area contributed by atoms with Crippen molar-refractivity contribution in [1.82, 2.24) is 14.6 Å². The fourth-order valence-corrected chi connectivity index (χ4v) is 2.91. The van der Waals surface area contributed by atoms with E-state index < -0.39 is 0 Å². The SMILES string of the molecule is CCCc1cc2nc(Cl)c(-c3cccc(F)c3)c(Cl)n2n1.